The van der Waals surface area contributed by atoms with Crippen LogP contribution in [0.2, 0.25) is 0 Å². The van der Waals surface area contributed by atoms with Crippen molar-refractivity contribution in [2.24, 2.45) is 0 Å². The van der Waals surface area contributed by atoms with Crippen LogP contribution >= 0.6 is 0 Å². The number of benzene rings is 1. The van der Waals surface area contributed by atoms with Gasteiger partial charge in [0.15, 0.2) is 17.3 Å². The molecule has 0 saturated carbocycles. The van der Waals surface area contributed by atoms with Gasteiger partial charge in [-0.3, -0.25) is 14.6 Å². The second-order valence-electron chi connectivity index (χ2n) is 6.88. The van der Waals surface area contributed by atoms with Crippen molar-refractivity contribution in [3.8, 4) is 11.5 Å². The van der Waals surface area contributed by atoms with Gasteiger partial charge in [0.25, 0.3) is 0 Å². The van der Waals surface area contributed by atoms with Crippen molar-refractivity contribution in [3.05, 3.63) is 53.9 Å². The first kappa shape index (κ1) is 18.4. The average Bonchev–Trinajstić information content (AvgIpc) is 2.77. The lowest BCUT2D eigenvalue weighted by molar-refractivity contribution is -0.134. The monoisotopic (exact) mass is 381 g/mol. The minimum atomic E-state index is -0.0709. The molecule has 7 nitrogen and oxygen atoms in total. The van der Waals surface area contributed by atoms with E-state index in [0.717, 1.165) is 12.1 Å². The number of carbonyl (C=O) groups excluding carboxylic acids is 2. The maximum atomic E-state index is 12.8. The summed E-state index contributed by atoms with van der Waals surface area (Å²) in [7, 11) is 0. The van der Waals surface area contributed by atoms with Gasteiger partial charge in [-0.25, -0.2) is 0 Å². The number of nitrogens with zero attached hydrogens (tertiary/aromatic N) is 2. The van der Waals surface area contributed by atoms with Crippen LogP contribution in [0.3, 0.4) is 0 Å². The van der Waals surface area contributed by atoms with Crippen LogP contribution < -0.4 is 14.8 Å². The lowest BCUT2D eigenvalue weighted by atomic mass is 10.0. The van der Waals surface area contributed by atoms with E-state index in [2.05, 4.69) is 10.3 Å². The van der Waals surface area contributed by atoms with Gasteiger partial charge < -0.3 is 19.7 Å². The van der Waals surface area contributed by atoms with Crippen LogP contribution in [-0.4, -0.2) is 54.4 Å². The highest BCUT2D eigenvalue weighted by atomic mass is 16.6. The number of hydrogen-bond donors (Lipinski definition) is 1. The van der Waals surface area contributed by atoms with Gasteiger partial charge in [0.05, 0.1) is 6.04 Å². The summed E-state index contributed by atoms with van der Waals surface area (Å²) in [6, 6.07) is 8.97. The quantitative estimate of drug-likeness (QED) is 0.798. The molecule has 1 aromatic carbocycles. The topological polar surface area (TPSA) is 80.8 Å². The van der Waals surface area contributed by atoms with Gasteiger partial charge in [-0.2, -0.15) is 0 Å². The van der Waals surface area contributed by atoms with Crippen molar-refractivity contribution < 1.29 is 19.1 Å². The van der Waals surface area contributed by atoms with Crippen LogP contribution in [0.1, 0.15) is 34.8 Å². The molecule has 3 heterocycles. The molecule has 1 N–H and O–H groups in total. The molecule has 0 spiro atoms. The number of pyridine rings is 1. The number of carbonyl (C=O) groups is 2. The minimum Gasteiger partial charge on any atom is -0.486 e. The largest absolute Gasteiger partial charge is 0.486 e. The average molecular weight is 381 g/mol. The zero-order valence-electron chi connectivity index (χ0n) is 15.6. The lowest BCUT2D eigenvalue weighted by Crippen LogP contribution is -2.48. The summed E-state index contributed by atoms with van der Waals surface area (Å²) in [6.45, 7) is 3.04. The highest BCUT2D eigenvalue weighted by Crippen LogP contribution is 2.31. The molecule has 0 aliphatic carbocycles. The highest BCUT2D eigenvalue weighted by molar-refractivity contribution is 5.98. The van der Waals surface area contributed by atoms with Gasteiger partial charge in [0.2, 0.25) is 5.91 Å². The second kappa shape index (κ2) is 8.39. The highest BCUT2D eigenvalue weighted by Gasteiger charge is 2.28. The molecule has 1 fully saturated rings. The lowest BCUT2D eigenvalue weighted by Gasteiger charge is -2.36. The molecule has 1 amide bonds. The van der Waals surface area contributed by atoms with E-state index >= 15 is 0 Å². The number of nitrogens with one attached hydrogen (secondary N) is 1. The molecule has 1 aromatic heterocycles. The Morgan fingerprint density at radius 2 is 2.00 bits per heavy atom. The van der Waals surface area contributed by atoms with Crippen molar-refractivity contribution in [2.75, 3.05) is 32.8 Å². The standard InChI is InChI=1S/C21H23N3O4/c25-18(15-3-5-19-20(12-15)28-11-10-27-19)4-6-21(26)24-9-8-23-14-17(24)16-2-1-7-22-13-16/h1-3,5,7,12-13,17,23H,4,6,8-11,14H2. The maximum Gasteiger partial charge on any atom is 0.223 e. The van der Waals surface area contributed by atoms with E-state index in [-0.39, 0.29) is 30.6 Å². The number of ether oxygens (including phenoxy) is 2. The summed E-state index contributed by atoms with van der Waals surface area (Å²) in [4.78, 5) is 31.4. The predicted octanol–water partition coefficient (Wildman–Crippen LogP) is 1.99. The molecular formula is C21H23N3O4. The third kappa shape index (κ3) is 3.99. The van der Waals surface area contributed by atoms with E-state index in [4.69, 9.17) is 9.47 Å². The summed E-state index contributed by atoms with van der Waals surface area (Å²) in [5.41, 5.74) is 1.54. The van der Waals surface area contributed by atoms with Crippen molar-refractivity contribution in [2.45, 2.75) is 18.9 Å². The Balaban J connectivity index is 1.39. The SMILES string of the molecule is O=C(CCC(=O)N1CCNCC1c1cccnc1)c1ccc2c(c1)OCCO2. The van der Waals surface area contributed by atoms with Gasteiger partial charge in [0.1, 0.15) is 13.2 Å². The van der Waals surface area contributed by atoms with Crippen LogP contribution in [0.15, 0.2) is 42.7 Å². The molecule has 7 heteroatoms. The molecule has 2 aliphatic rings. The third-order valence-electron chi connectivity index (χ3n) is 5.06. The van der Waals surface area contributed by atoms with E-state index in [1.54, 1.807) is 30.6 Å². The summed E-state index contributed by atoms with van der Waals surface area (Å²) in [5.74, 6) is 1.15. The number of hydrogen-bond acceptors (Lipinski definition) is 6. The fraction of sp³-hybridized carbons (Fsp3) is 0.381. The Morgan fingerprint density at radius 1 is 1.14 bits per heavy atom. The number of Topliss-reactive ketones (excluding diaryl/α,β-unsaturated/α-hetero) is 1. The molecule has 2 aromatic rings. The van der Waals surface area contributed by atoms with E-state index in [9.17, 15) is 9.59 Å². The van der Waals surface area contributed by atoms with Crippen molar-refractivity contribution in [1.29, 1.82) is 0 Å². The Kier molecular flexibility index (Phi) is 5.53. The van der Waals surface area contributed by atoms with Crippen LogP contribution in [0.5, 0.6) is 11.5 Å². The van der Waals surface area contributed by atoms with Crippen LogP contribution in [-0.2, 0) is 4.79 Å². The van der Waals surface area contributed by atoms with Crippen molar-refractivity contribution >= 4 is 11.7 Å². The predicted molar refractivity (Wildman–Crippen MR) is 103 cm³/mol. The normalized spacial score (nSPS) is 18.6. The smallest absolute Gasteiger partial charge is 0.223 e. The number of piperazine rings is 1. The molecule has 4 rings (SSSR count). The molecule has 2 aliphatic heterocycles. The van der Waals surface area contributed by atoms with E-state index in [1.165, 1.54) is 0 Å². The summed E-state index contributed by atoms with van der Waals surface area (Å²) in [6.07, 6.45) is 3.86. The van der Waals surface area contributed by atoms with E-state index < -0.39 is 0 Å². The molecule has 1 saturated heterocycles. The number of ketones is 1. The first-order chi connectivity index (χ1) is 13.7. The fourth-order valence-corrected chi connectivity index (χ4v) is 3.60. The third-order valence-corrected chi connectivity index (χ3v) is 5.06. The molecule has 0 bridgehead atoms. The van der Waals surface area contributed by atoms with Crippen LogP contribution in [0.25, 0.3) is 0 Å². The Hall–Kier alpha value is -2.93. The van der Waals surface area contributed by atoms with E-state index in [1.807, 2.05) is 17.0 Å². The number of rotatable bonds is 5. The molecule has 1 atom stereocenters. The Bertz CT molecular complexity index is 856. The van der Waals surface area contributed by atoms with Crippen molar-refractivity contribution in [3.63, 3.8) is 0 Å². The van der Waals surface area contributed by atoms with Crippen molar-refractivity contribution in [1.82, 2.24) is 15.2 Å². The first-order valence-corrected chi connectivity index (χ1v) is 9.55. The molecule has 146 valence electrons. The minimum absolute atomic E-state index is 0.0127. The fourth-order valence-electron chi connectivity index (χ4n) is 3.60. The second-order valence-corrected chi connectivity index (χ2v) is 6.88. The summed E-state index contributed by atoms with van der Waals surface area (Å²) in [5, 5.41) is 3.32. The Morgan fingerprint density at radius 3 is 2.82 bits per heavy atom. The number of amides is 1. The molecule has 1 unspecified atom stereocenters. The maximum absolute atomic E-state index is 12.8. The molecule has 0 radical (unpaired) electrons. The van der Waals surface area contributed by atoms with Crippen LogP contribution in [0.4, 0.5) is 0 Å². The first-order valence-electron chi connectivity index (χ1n) is 9.55. The summed E-state index contributed by atoms with van der Waals surface area (Å²) >= 11 is 0. The zero-order valence-corrected chi connectivity index (χ0v) is 15.6. The van der Waals surface area contributed by atoms with Gasteiger partial charge in [0, 0.05) is 50.4 Å². The number of fused-ring (bicyclic) bond motifs is 1. The number of aromatic nitrogens is 1. The Labute approximate surface area is 163 Å². The molecule has 28 heavy (non-hydrogen) atoms. The van der Waals surface area contributed by atoms with Gasteiger partial charge in [-0.1, -0.05) is 6.07 Å². The van der Waals surface area contributed by atoms with Gasteiger partial charge in [-0.05, 0) is 29.8 Å². The summed E-state index contributed by atoms with van der Waals surface area (Å²) < 4.78 is 11.0. The van der Waals surface area contributed by atoms with E-state index in [0.29, 0.717) is 43.4 Å². The van der Waals surface area contributed by atoms with Gasteiger partial charge >= 0.3 is 0 Å². The molecular weight excluding hydrogens is 358 g/mol. The van der Waals surface area contributed by atoms with Crippen LogP contribution in [0, 0.1) is 0 Å². The van der Waals surface area contributed by atoms with Gasteiger partial charge in [-0.15, -0.1) is 0 Å². The zero-order chi connectivity index (χ0) is 19.3.